The molecule has 0 fully saturated rings. The lowest BCUT2D eigenvalue weighted by Gasteiger charge is -2.13. The van der Waals surface area contributed by atoms with E-state index in [0.717, 1.165) is 15.2 Å². The summed E-state index contributed by atoms with van der Waals surface area (Å²) in [6.07, 6.45) is -0.254. The summed E-state index contributed by atoms with van der Waals surface area (Å²) in [5.74, 6) is 0.366. The molecule has 0 aliphatic heterocycles. The smallest absolute Gasteiger partial charge is 0.372 e. The molecule has 1 aromatic carbocycles. The van der Waals surface area contributed by atoms with Crippen molar-refractivity contribution in [2.45, 2.75) is 46.2 Å². The largest absolute Gasteiger partial charge is 0.405 e. The molecule has 3 aromatic rings. The van der Waals surface area contributed by atoms with E-state index in [2.05, 4.69) is 39.4 Å². The predicted molar refractivity (Wildman–Crippen MR) is 115 cm³/mol. The number of alkyl halides is 3. The fourth-order valence-electron chi connectivity index (χ4n) is 2.60. The number of hydrogen-bond donors (Lipinski definition) is 2. The number of nitrogens with one attached hydrogen (secondary N) is 2. The van der Waals surface area contributed by atoms with Crippen LogP contribution in [0.3, 0.4) is 0 Å². The molecule has 0 saturated carbocycles. The van der Waals surface area contributed by atoms with Crippen molar-refractivity contribution in [3.8, 4) is 10.6 Å². The van der Waals surface area contributed by atoms with E-state index in [1.165, 1.54) is 30.6 Å². The van der Waals surface area contributed by atoms with Crippen LogP contribution in [-0.4, -0.2) is 34.7 Å². The summed E-state index contributed by atoms with van der Waals surface area (Å²) in [6.45, 7) is 4.96. The third-order valence-corrected chi connectivity index (χ3v) is 5.04. The Bertz CT molecular complexity index is 889. The minimum atomic E-state index is -4.33. The summed E-state index contributed by atoms with van der Waals surface area (Å²) in [5.41, 5.74) is 2.10. The van der Waals surface area contributed by atoms with Crippen LogP contribution in [0.15, 0.2) is 24.3 Å². The van der Waals surface area contributed by atoms with Crippen LogP contribution >= 0.6 is 11.3 Å². The Morgan fingerprint density at radius 2 is 1.72 bits per heavy atom. The van der Waals surface area contributed by atoms with Gasteiger partial charge in [-0.05, 0) is 19.1 Å². The second-order valence-corrected chi connectivity index (χ2v) is 7.45. The first kappa shape index (κ1) is 22.9. The summed E-state index contributed by atoms with van der Waals surface area (Å²) in [4.78, 5) is 12.8. The van der Waals surface area contributed by atoms with E-state index in [4.69, 9.17) is 0 Å². The number of thiazole rings is 1. The molecule has 0 aliphatic carbocycles. The van der Waals surface area contributed by atoms with Crippen LogP contribution < -0.4 is 10.6 Å². The van der Waals surface area contributed by atoms with E-state index in [1.54, 1.807) is 14.0 Å². The molecule has 3 rings (SSSR count). The summed E-state index contributed by atoms with van der Waals surface area (Å²) in [6, 6.07) is 7.70. The van der Waals surface area contributed by atoms with Crippen LogP contribution in [0.2, 0.25) is 0 Å². The molecule has 2 aromatic heterocycles. The lowest BCUT2D eigenvalue weighted by molar-refractivity contribution is -0.115. The molecule has 2 heterocycles. The van der Waals surface area contributed by atoms with Crippen molar-refractivity contribution in [1.29, 1.82) is 0 Å². The minimum Gasteiger partial charge on any atom is -0.372 e. The average molecular weight is 426 g/mol. The zero-order chi connectivity index (χ0) is 21.4. The van der Waals surface area contributed by atoms with Crippen molar-refractivity contribution in [1.82, 2.24) is 15.0 Å². The molecule has 5 nitrogen and oxygen atoms in total. The maximum atomic E-state index is 12.3. The molecule has 2 N–H and O–H groups in total. The highest BCUT2D eigenvalue weighted by atomic mass is 32.1. The fourth-order valence-corrected chi connectivity index (χ4v) is 3.66. The van der Waals surface area contributed by atoms with Crippen LogP contribution in [-0.2, 0) is 0 Å². The molecular formula is C20H26F3N5S. The molecule has 0 unspecified atom stereocenters. The van der Waals surface area contributed by atoms with Crippen LogP contribution in [0.1, 0.15) is 38.8 Å². The zero-order valence-corrected chi connectivity index (χ0v) is 17.8. The number of rotatable bonds is 6. The van der Waals surface area contributed by atoms with Crippen LogP contribution in [0, 0.1) is 6.92 Å². The van der Waals surface area contributed by atoms with E-state index < -0.39 is 12.7 Å². The van der Waals surface area contributed by atoms with Gasteiger partial charge in [-0.1, -0.05) is 45.2 Å². The minimum absolute atomic E-state index is 0.0703. The van der Waals surface area contributed by atoms with Crippen molar-refractivity contribution >= 4 is 33.3 Å². The molecule has 9 heteroatoms. The molecule has 29 heavy (non-hydrogen) atoms. The molecule has 158 valence electrons. The van der Waals surface area contributed by atoms with Gasteiger partial charge in [-0.15, -0.1) is 11.3 Å². The van der Waals surface area contributed by atoms with Gasteiger partial charge in [-0.25, -0.2) is 9.97 Å². The monoisotopic (exact) mass is 425 g/mol. The van der Waals surface area contributed by atoms with Gasteiger partial charge in [-0.3, -0.25) is 0 Å². The SMILES string of the molecule is CCCCC.CNc1nc(NCC(F)(F)F)nc(C)c1-c1nc2ccccc2s1. The number of halogens is 3. The number of aromatic nitrogens is 3. The fraction of sp³-hybridized carbons (Fsp3) is 0.450. The first-order chi connectivity index (χ1) is 13.8. The maximum Gasteiger partial charge on any atom is 0.405 e. The summed E-state index contributed by atoms with van der Waals surface area (Å²) < 4.78 is 38.1. The van der Waals surface area contributed by atoms with Gasteiger partial charge < -0.3 is 10.6 Å². The molecule has 0 saturated heterocycles. The quantitative estimate of drug-likeness (QED) is 0.487. The van der Waals surface area contributed by atoms with E-state index in [9.17, 15) is 13.2 Å². The third kappa shape index (κ3) is 6.56. The Hall–Kier alpha value is -2.42. The number of hydrogen-bond acceptors (Lipinski definition) is 6. The van der Waals surface area contributed by atoms with Crippen LogP contribution in [0.25, 0.3) is 20.8 Å². The summed E-state index contributed by atoms with van der Waals surface area (Å²) in [5, 5.41) is 5.83. The van der Waals surface area contributed by atoms with Gasteiger partial charge in [-0.2, -0.15) is 18.2 Å². The van der Waals surface area contributed by atoms with E-state index >= 15 is 0 Å². The molecule has 0 amide bonds. The van der Waals surface area contributed by atoms with E-state index in [0.29, 0.717) is 17.1 Å². The van der Waals surface area contributed by atoms with Crippen molar-refractivity contribution in [2.75, 3.05) is 24.2 Å². The van der Waals surface area contributed by atoms with Crippen LogP contribution in [0.5, 0.6) is 0 Å². The van der Waals surface area contributed by atoms with Crippen molar-refractivity contribution in [3.63, 3.8) is 0 Å². The number of para-hydroxylation sites is 1. The predicted octanol–water partition coefficient (Wildman–Crippen LogP) is 6.27. The van der Waals surface area contributed by atoms with Gasteiger partial charge in [0.25, 0.3) is 0 Å². The van der Waals surface area contributed by atoms with E-state index in [1.807, 2.05) is 24.3 Å². The number of aryl methyl sites for hydroxylation is 1. The molecule has 0 atom stereocenters. The van der Waals surface area contributed by atoms with Gasteiger partial charge in [0.15, 0.2) is 0 Å². The lowest BCUT2D eigenvalue weighted by Crippen LogP contribution is -2.22. The van der Waals surface area contributed by atoms with Crippen molar-refractivity contribution < 1.29 is 13.2 Å². The highest BCUT2D eigenvalue weighted by Crippen LogP contribution is 2.35. The van der Waals surface area contributed by atoms with Gasteiger partial charge in [0.2, 0.25) is 5.95 Å². The first-order valence-electron chi connectivity index (χ1n) is 9.52. The number of fused-ring (bicyclic) bond motifs is 1. The zero-order valence-electron chi connectivity index (χ0n) is 17.0. The number of unbranched alkanes of at least 4 members (excludes halogenated alkanes) is 2. The molecule has 0 bridgehead atoms. The van der Waals surface area contributed by atoms with Crippen molar-refractivity contribution in [3.05, 3.63) is 30.0 Å². The highest BCUT2D eigenvalue weighted by molar-refractivity contribution is 7.21. The Morgan fingerprint density at radius 1 is 1.03 bits per heavy atom. The van der Waals surface area contributed by atoms with Gasteiger partial charge >= 0.3 is 6.18 Å². The standard InChI is InChI=1S/C15H14F3N5S.C5H12/c1-8-11(13-22-9-5-3-4-6-10(9)24-13)12(19-2)23-14(21-8)20-7-15(16,17)18;1-3-5-4-2/h3-6H,7H2,1-2H3,(H2,19,20,21,23);3-5H2,1-2H3. The lowest BCUT2D eigenvalue weighted by atomic mass is 10.2. The molecule has 0 spiro atoms. The maximum absolute atomic E-state index is 12.3. The molecular weight excluding hydrogens is 399 g/mol. The average Bonchev–Trinajstić information content (AvgIpc) is 3.10. The highest BCUT2D eigenvalue weighted by Gasteiger charge is 2.27. The second-order valence-electron chi connectivity index (χ2n) is 6.42. The molecule has 0 radical (unpaired) electrons. The van der Waals surface area contributed by atoms with Gasteiger partial charge in [0.05, 0.1) is 21.5 Å². The number of nitrogens with zero attached hydrogens (tertiary/aromatic N) is 3. The van der Waals surface area contributed by atoms with E-state index in [-0.39, 0.29) is 5.95 Å². The summed E-state index contributed by atoms with van der Waals surface area (Å²) in [7, 11) is 1.66. The molecule has 0 aliphatic rings. The second kappa shape index (κ2) is 10.4. The van der Waals surface area contributed by atoms with Gasteiger partial charge in [0, 0.05) is 7.05 Å². The van der Waals surface area contributed by atoms with Crippen molar-refractivity contribution in [2.24, 2.45) is 0 Å². The Balaban J connectivity index is 0.000000537. The third-order valence-electron chi connectivity index (χ3n) is 3.99. The Morgan fingerprint density at radius 3 is 2.28 bits per heavy atom. The number of anilines is 2. The van der Waals surface area contributed by atoms with Gasteiger partial charge in [0.1, 0.15) is 17.4 Å². The Kier molecular flexibility index (Phi) is 8.19. The topological polar surface area (TPSA) is 62.7 Å². The number of benzene rings is 1. The Labute approximate surface area is 172 Å². The van der Waals surface area contributed by atoms with Crippen LogP contribution in [0.4, 0.5) is 24.9 Å². The normalized spacial score (nSPS) is 11.1. The summed E-state index contributed by atoms with van der Waals surface area (Å²) >= 11 is 1.49. The first-order valence-corrected chi connectivity index (χ1v) is 10.3.